The van der Waals surface area contributed by atoms with Gasteiger partial charge in [0, 0.05) is 19.3 Å². The Morgan fingerprint density at radius 1 is 0.952 bits per heavy atom. The number of nitrogens with zero attached hydrogens (tertiary/aromatic N) is 3. The fraction of sp³-hybridized carbons (Fsp3) is 0.706. The molecule has 0 amide bonds. The zero-order chi connectivity index (χ0) is 15.5. The van der Waals surface area contributed by atoms with Crippen molar-refractivity contribution >= 4 is 5.82 Å². The highest BCUT2D eigenvalue weighted by Crippen LogP contribution is 2.08. The summed E-state index contributed by atoms with van der Waals surface area (Å²) in [5, 5.41) is 3.23. The highest BCUT2D eigenvalue weighted by Gasteiger charge is 2.06. The summed E-state index contributed by atoms with van der Waals surface area (Å²) in [6.07, 6.45) is 3.23. The van der Waals surface area contributed by atoms with Crippen LogP contribution in [0.25, 0.3) is 0 Å². The van der Waals surface area contributed by atoms with Gasteiger partial charge in [-0.15, -0.1) is 0 Å². The molecule has 0 spiro atoms. The van der Waals surface area contributed by atoms with Crippen LogP contribution >= 0.6 is 0 Å². The van der Waals surface area contributed by atoms with Crippen LogP contribution in [-0.4, -0.2) is 54.1 Å². The Labute approximate surface area is 130 Å². The Hall–Kier alpha value is -1.13. The average molecular weight is 292 g/mol. The van der Waals surface area contributed by atoms with Crippen LogP contribution in [-0.2, 0) is 6.54 Å². The number of aromatic nitrogens is 1. The van der Waals surface area contributed by atoms with E-state index in [1.165, 1.54) is 18.5 Å². The van der Waals surface area contributed by atoms with Crippen LogP contribution in [0.2, 0.25) is 0 Å². The molecular weight excluding hydrogens is 260 g/mol. The summed E-state index contributed by atoms with van der Waals surface area (Å²) in [5.41, 5.74) is 1.29. The topological polar surface area (TPSA) is 31.4 Å². The molecule has 0 saturated carbocycles. The van der Waals surface area contributed by atoms with E-state index in [9.17, 15) is 0 Å². The quantitative estimate of drug-likeness (QED) is 0.679. The van der Waals surface area contributed by atoms with Crippen LogP contribution in [0.1, 0.15) is 39.7 Å². The van der Waals surface area contributed by atoms with Crippen LogP contribution in [0.3, 0.4) is 0 Å². The van der Waals surface area contributed by atoms with Crippen LogP contribution < -0.4 is 5.32 Å². The van der Waals surface area contributed by atoms with E-state index in [0.717, 1.165) is 45.1 Å². The molecule has 0 aliphatic heterocycles. The van der Waals surface area contributed by atoms with Crippen molar-refractivity contribution in [2.75, 3.05) is 44.6 Å². The molecule has 1 aromatic heterocycles. The lowest BCUT2D eigenvalue weighted by atomic mass is 10.2. The van der Waals surface area contributed by atoms with E-state index in [-0.39, 0.29) is 0 Å². The molecule has 0 saturated heterocycles. The van der Waals surface area contributed by atoms with Gasteiger partial charge >= 0.3 is 0 Å². The van der Waals surface area contributed by atoms with Gasteiger partial charge < -0.3 is 10.2 Å². The maximum absolute atomic E-state index is 4.44. The Kier molecular flexibility index (Phi) is 9.02. The smallest absolute Gasteiger partial charge is 0.125 e. The second-order valence-corrected chi connectivity index (χ2v) is 5.33. The first-order chi connectivity index (χ1) is 10.2. The fourth-order valence-electron chi connectivity index (χ4n) is 2.47. The summed E-state index contributed by atoms with van der Waals surface area (Å²) in [5.74, 6) is 0.964. The minimum atomic E-state index is 0.915. The molecule has 1 N–H and O–H groups in total. The van der Waals surface area contributed by atoms with Gasteiger partial charge in [0.25, 0.3) is 0 Å². The van der Waals surface area contributed by atoms with E-state index in [0.29, 0.717) is 0 Å². The summed E-state index contributed by atoms with van der Waals surface area (Å²) in [6, 6.07) is 4.25. The lowest BCUT2D eigenvalue weighted by molar-refractivity contribution is 0.238. The number of rotatable bonds is 11. The molecular formula is C17H32N4. The number of hydrogen-bond acceptors (Lipinski definition) is 4. The van der Waals surface area contributed by atoms with Crippen LogP contribution in [0.4, 0.5) is 5.82 Å². The van der Waals surface area contributed by atoms with Gasteiger partial charge in [-0.2, -0.15) is 0 Å². The first kappa shape index (κ1) is 17.9. The van der Waals surface area contributed by atoms with E-state index in [1.54, 1.807) is 0 Å². The third kappa shape index (κ3) is 6.91. The van der Waals surface area contributed by atoms with Crippen molar-refractivity contribution in [1.29, 1.82) is 0 Å². The zero-order valence-corrected chi connectivity index (χ0v) is 14.2. The van der Waals surface area contributed by atoms with Crippen molar-refractivity contribution in [3.05, 3.63) is 23.9 Å². The maximum atomic E-state index is 4.44. The summed E-state index contributed by atoms with van der Waals surface area (Å²) >= 11 is 0. The zero-order valence-electron chi connectivity index (χ0n) is 14.2. The Morgan fingerprint density at radius 2 is 1.62 bits per heavy atom. The number of hydrogen-bond donors (Lipinski definition) is 1. The first-order valence-electron chi connectivity index (χ1n) is 8.36. The average Bonchev–Trinajstić information content (AvgIpc) is 2.52. The monoisotopic (exact) mass is 292 g/mol. The molecule has 0 bridgehead atoms. The Morgan fingerprint density at radius 3 is 2.14 bits per heavy atom. The van der Waals surface area contributed by atoms with E-state index >= 15 is 0 Å². The van der Waals surface area contributed by atoms with E-state index < -0.39 is 0 Å². The maximum Gasteiger partial charge on any atom is 0.125 e. The standard InChI is InChI=1S/C17H32N4/c1-5-18-17-11-10-16(14-19-17)15-21(8-4)13-9-12-20(6-2)7-3/h10-11,14H,5-9,12-13,15H2,1-4H3,(H,18,19). The summed E-state index contributed by atoms with van der Waals surface area (Å²) < 4.78 is 0. The molecule has 0 atom stereocenters. The Bertz CT molecular complexity index is 360. The molecule has 4 heteroatoms. The van der Waals surface area contributed by atoms with Crippen molar-refractivity contribution in [2.45, 2.75) is 40.7 Å². The van der Waals surface area contributed by atoms with Gasteiger partial charge in [0.15, 0.2) is 0 Å². The van der Waals surface area contributed by atoms with Crippen molar-refractivity contribution in [1.82, 2.24) is 14.8 Å². The van der Waals surface area contributed by atoms with E-state index in [1.807, 2.05) is 6.20 Å². The third-order valence-corrected chi connectivity index (χ3v) is 3.88. The molecule has 0 aliphatic carbocycles. The van der Waals surface area contributed by atoms with E-state index in [2.05, 4.69) is 59.9 Å². The van der Waals surface area contributed by atoms with Crippen molar-refractivity contribution in [3.8, 4) is 0 Å². The van der Waals surface area contributed by atoms with Gasteiger partial charge in [0.1, 0.15) is 5.82 Å². The highest BCUT2D eigenvalue weighted by molar-refractivity contribution is 5.35. The number of anilines is 1. The van der Waals surface area contributed by atoms with Crippen molar-refractivity contribution < 1.29 is 0 Å². The predicted molar refractivity (Wildman–Crippen MR) is 91.8 cm³/mol. The van der Waals surface area contributed by atoms with Crippen LogP contribution in [0.15, 0.2) is 18.3 Å². The first-order valence-corrected chi connectivity index (χ1v) is 8.36. The second-order valence-electron chi connectivity index (χ2n) is 5.33. The summed E-state index contributed by atoms with van der Waals surface area (Å²) in [4.78, 5) is 9.43. The second kappa shape index (κ2) is 10.6. The molecule has 1 heterocycles. The van der Waals surface area contributed by atoms with Crippen molar-refractivity contribution in [2.24, 2.45) is 0 Å². The summed E-state index contributed by atoms with van der Waals surface area (Å²) in [7, 11) is 0. The molecule has 4 nitrogen and oxygen atoms in total. The molecule has 1 rings (SSSR count). The minimum absolute atomic E-state index is 0.915. The normalized spacial score (nSPS) is 11.3. The van der Waals surface area contributed by atoms with Gasteiger partial charge in [0.2, 0.25) is 0 Å². The molecule has 1 aromatic rings. The summed E-state index contributed by atoms with van der Waals surface area (Å²) in [6.45, 7) is 16.4. The Balaban J connectivity index is 2.38. The van der Waals surface area contributed by atoms with Gasteiger partial charge in [-0.05, 0) is 57.7 Å². The fourth-order valence-corrected chi connectivity index (χ4v) is 2.47. The highest BCUT2D eigenvalue weighted by atomic mass is 15.1. The van der Waals surface area contributed by atoms with Crippen molar-refractivity contribution in [3.63, 3.8) is 0 Å². The van der Waals surface area contributed by atoms with Gasteiger partial charge in [0.05, 0.1) is 0 Å². The molecule has 120 valence electrons. The predicted octanol–water partition coefficient (Wildman–Crippen LogP) is 3.07. The van der Waals surface area contributed by atoms with Gasteiger partial charge in [-0.3, -0.25) is 4.90 Å². The molecule has 0 aliphatic rings. The molecule has 0 fully saturated rings. The lowest BCUT2D eigenvalue weighted by Gasteiger charge is -2.23. The minimum Gasteiger partial charge on any atom is -0.370 e. The van der Waals surface area contributed by atoms with E-state index in [4.69, 9.17) is 0 Å². The lowest BCUT2D eigenvalue weighted by Crippen LogP contribution is -2.29. The SMILES string of the molecule is CCNc1ccc(CN(CC)CCCN(CC)CC)cn1. The van der Waals surface area contributed by atoms with Gasteiger partial charge in [-0.1, -0.05) is 26.8 Å². The molecule has 0 unspecified atom stereocenters. The van der Waals surface area contributed by atoms with Crippen LogP contribution in [0.5, 0.6) is 0 Å². The molecule has 0 radical (unpaired) electrons. The molecule has 21 heavy (non-hydrogen) atoms. The van der Waals surface area contributed by atoms with Crippen LogP contribution in [0, 0.1) is 0 Å². The van der Waals surface area contributed by atoms with Gasteiger partial charge in [-0.25, -0.2) is 4.98 Å². The third-order valence-electron chi connectivity index (χ3n) is 3.88. The number of pyridine rings is 1. The number of nitrogens with one attached hydrogen (secondary N) is 1. The molecule has 0 aromatic carbocycles. The largest absolute Gasteiger partial charge is 0.370 e.